The maximum Gasteiger partial charge on any atom is 0.293 e. The molecule has 5 heteroatoms. The summed E-state index contributed by atoms with van der Waals surface area (Å²) in [7, 11) is 0. The zero-order chi connectivity index (χ0) is 28.9. The molecule has 0 saturated heterocycles. The van der Waals surface area contributed by atoms with E-state index in [-0.39, 0.29) is 43.8 Å². The third-order valence-electron chi connectivity index (χ3n) is 4.04. The van der Waals surface area contributed by atoms with Crippen LogP contribution in [-0.2, 0) is 0 Å². The van der Waals surface area contributed by atoms with Crippen LogP contribution in [0.25, 0.3) is 22.3 Å². The first-order valence-corrected chi connectivity index (χ1v) is 9.06. The molecule has 0 atom stereocenters. The molecule has 4 nitrogen and oxygen atoms in total. The summed E-state index contributed by atoms with van der Waals surface area (Å²) in [5, 5.41) is 14.7. The normalized spacial score (nSPS) is 15.3. The van der Waals surface area contributed by atoms with Gasteiger partial charge >= 0.3 is 0 Å². The van der Waals surface area contributed by atoms with Crippen LogP contribution in [0.15, 0.2) is 101 Å². The first-order valence-electron chi connectivity index (χ1n) is 13.3. The molecule has 0 fully saturated rings. The molecule has 4 rings (SSSR count). The van der Waals surface area contributed by atoms with Gasteiger partial charge in [0.05, 0.1) is 24.3 Å². The van der Waals surface area contributed by atoms with Crippen molar-refractivity contribution in [1.29, 1.82) is 0 Å². The Morgan fingerprint density at radius 3 is 1.83 bits per heavy atom. The van der Waals surface area contributed by atoms with Gasteiger partial charge in [-0.3, -0.25) is 10.1 Å². The number of nitro benzene ring substituents is 1. The van der Waals surface area contributed by atoms with E-state index in [1.807, 2.05) is 0 Å². The topological polar surface area (TPSA) is 55.2 Å². The summed E-state index contributed by atoms with van der Waals surface area (Å²) in [5.74, 6) is 0. The Labute approximate surface area is 191 Å². The molecule has 0 saturated carbocycles. The van der Waals surface area contributed by atoms with Gasteiger partial charge in [-0.05, 0) is 33.1 Å². The zero-order valence-corrected chi connectivity index (χ0v) is 16.2. The maximum absolute atomic E-state index is 11.8. The van der Waals surface area contributed by atoms with Crippen molar-refractivity contribution in [1.82, 2.24) is 0 Å². The molecule has 0 heterocycles. The first-order chi connectivity index (χ1) is 18.3. The molecular formula is C24H17BrN2O2. The molecule has 4 aromatic rings. The van der Waals surface area contributed by atoms with E-state index in [9.17, 15) is 10.1 Å². The minimum Gasteiger partial charge on any atom is -0.348 e. The smallest absolute Gasteiger partial charge is 0.293 e. The van der Waals surface area contributed by atoms with Gasteiger partial charge in [0.2, 0.25) is 0 Å². The number of nitrogens with zero attached hydrogens (tertiary/aromatic N) is 1. The van der Waals surface area contributed by atoms with Crippen LogP contribution >= 0.6 is 15.9 Å². The molecule has 0 spiro atoms. The third-order valence-corrected chi connectivity index (χ3v) is 4.70. The van der Waals surface area contributed by atoms with Crippen molar-refractivity contribution in [3.8, 4) is 22.3 Å². The largest absolute Gasteiger partial charge is 0.348 e. The number of halogens is 1. The summed E-state index contributed by atoms with van der Waals surface area (Å²) in [4.78, 5) is 11.2. The van der Waals surface area contributed by atoms with Gasteiger partial charge in [-0.2, -0.15) is 0 Å². The fourth-order valence-corrected chi connectivity index (χ4v) is 3.24. The molecule has 29 heavy (non-hydrogen) atoms. The molecule has 1 N–H and O–H groups in total. The van der Waals surface area contributed by atoms with Crippen LogP contribution < -0.4 is 5.32 Å². The van der Waals surface area contributed by atoms with Crippen molar-refractivity contribution < 1.29 is 18.6 Å². The Morgan fingerprint density at radius 2 is 1.31 bits per heavy atom. The lowest BCUT2D eigenvalue weighted by molar-refractivity contribution is -0.384. The van der Waals surface area contributed by atoms with Gasteiger partial charge in [0, 0.05) is 21.7 Å². The Kier molecular flexibility index (Phi) is 2.96. The van der Waals surface area contributed by atoms with Gasteiger partial charge in [0.25, 0.3) is 5.69 Å². The second kappa shape index (κ2) is 8.29. The highest BCUT2D eigenvalue weighted by Gasteiger charge is 2.20. The minimum atomic E-state index is -0.648. The van der Waals surface area contributed by atoms with Crippen LogP contribution in [0.2, 0.25) is 0 Å². The molecule has 0 amide bonds. The average molecular weight is 455 g/mol. The van der Waals surface area contributed by atoms with E-state index in [4.69, 9.17) is 13.7 Å². The molecule has 4 aromatic carbocycles. The number of benzene rings is 4. The van der Waals surface area contributed by atoms with Crippen LogP contribution in [0.1, 0.15) is 13.7 Å². The van der Waals surface area contributed by atoms with Gasteiger partial charge in [-0.15, -0.1) is 0 Å². The summed E-state index contributed by atoms with van der Waals surface area (Å²) in [6.07, 6.45) is 0. The molecule has 142 valence electrons. The van der Waals surface area contributed by atoms with Crippen molar-refractivity contribution in [2.75, 3.05) is 5.32 Å². The van der Waals surface area contributed by atoms with Crippen molar-refractivity contribution in [2.24, 2.45) is 0 Å². The van der Waals surface area contributed by atoms with Crippen LogP contribution in [0.3, 0.4) is 0 Å². The van der Waals surface area contributed by atoms with Crippen molar-refractivity contribution in [2.45, 2.75) is 0 Å². The SMILES string of the molecule is [2H]c1c([2H])c([2H])c(-c2cccc(-c3c([2H])c([2H])c([2H])c([2H])c3[2H])c2Nc2c(Br)cccc2[N+](=O)[O-])c([2H])c1[2H]. The van der Waals surface area contributed by atoms with Crippen molar-refractivity contribution in [3.63, 3.8) is 0 Å². The predicted octanol–water partition coefficient (Wildman–Crippen LogP) is 7.43. The highest BCUT2D eigenvalue weighted by Crippen LogP contribution is 2.42. The van der Waals surface area contributed by atoms with E-state index in [1.165, 1.54) is 36.4 Å². The number of hydrogen-bond acceptors (Lipinski definition) is 3. The highest BCUT2D eigenvalue weighted by atomic mass is 79.9. The lowest BCUT2D eigenvalue weighted by Gasteiger charge is -2.18. The Balaban J connectivity index is 2.19. The quantitative estimate of drug-likeness (QED) is 0.251. The van der Waals surface area contributed by atoms with Crippen LogP contribution in [-0.4, -0.2) is 4.92 Å². The summed E-state index contributed by atoms with van der Waals surface area (Å²) >= 11 is 3.27. The van der Waals surface area contributed by atoms with Crippen LogP contribution in [0, 0.1) is 10.1 Å². The van der Waals surface area contributed by atoms with Gasteiger partial charge in [0.1, 0.15) is 5.69 Å². The van der Waals surface area contributed by atoms with Crippen molar-refractivity contribution >= 4 is 33.0 Å². The standard InChI is InChI=1S/C24H17BrN2O2/c25-21-15-8-16-22(27(28)29)24(21)26-23-19(17-9-3-1-4-10-17)13-7-14-20(23)18-11-5-2-6-12-18/h1-16,26H/i1D,2D,3D,4D,5D,6D,9D,10D,11D,12D. The Bertz CT molecular complexity index is 1550. The zero-order valence-electron chi connectivity index (χ0n) is 24.6. The summed E-state index contributed by atoms with van der Waals surface area (Å²) in [6.45, 7) is 0. The van der Waals surface area contributed by atoms with E-state index in [2.05, 4.69) is 21.2 Å². The third kappa shape index (κ3) is 3.91. The Hall–Kier alpha value is -3.44. The molecule has 0 aliphatic rings. The second-order valence-electron chi connectivity index (χ2n) is 5.74. The number of rotatable bonds is 5. The second-order valence-corrected chi connectivity index (χ2v) is 6.60. The van der Waals surface area contributed by atoms with Crippen molar-refractivity contribution in [3.05, 3.63) is 111 Å². The summed E-state index contributed by atoms with van der Waals surface area (Å²) < 4.78 is 82.5. The molecular weight excluding hydrogens is 428 g/mol. The van der Waals surface area contributed by atoms with Crippen LogP contribution in [0.5, 0.6) is 0 Å². The van der Waals surface area contributed by atoms with E-state index >= 15 is 0 Å². The first kappa shape index (κ1) is 10.4. The number of nitrogens with one attached hydrogen (secondary N) is 1. The lowest BCUT2D eigenvalue weighted by Crippen LogP contribution is -2.01. The van der Waals surface area contributed by atoms with E-state index in [0.717, 1.165) is 0 Å². The fourth-order valence-electron chi connectivity index (χ4n) is 2.79. The van der Waals surface area contributed by atoms with Gasteiger partial charge in [-0.1, -0.05) is 84.7 Å². The summed E-state index contributed by atoms with van der Waals surface area (Å²) in [5.41, 5.74) is -0.977. The fraction of sp³-hybridized carbons (Fsp3) is 0. The number of para-hydroxylation sites is 2. The molecule has 0 radical (unpaired) electrons. The minimum absolute atomic E-state index is 0.00126. The molecule has 0 bridgehead atoms. The predicted molar refractivity (Wildman–Crippen MR) is 121 cm³/mol. The number of anilines is 2. The molecule has 0 aliphatic heterocycles. The molecule has 0 aliphatic carbocycles. The molecule has 0 aromatic heterocycles. The number of hydrogen-bond donors (Lipinski definition) is 1. The molecule has 0 unspecified atom stereocenters. The van der Waals surface area contributed by atoms with E-state index in [1.54, 1.807) is 0 Å². The van der Waals surface area contributed by atoms with E-state index in [0.29, 0.717) is 0 Å². The Morgan fingerprint density at radius 1 is 0.793 bits per heavy atom. The maximum atomic E-state index is 11.8. The summed E-state index contributed by atoms with van der Waals surface area (Å²) in [6, 6.07) is 2.55. The number of nitro groups is 1. The van der Waals surface area contributed by atoms with Gasteiger partial charge < -0.3 is 5.32 Å². The average Bonchev–Trinajstić information content (AvgIpc) is 2.90. The van der Waals surface area contributed by atoms with E-state index < -0.39 is 65.3 Å². The van der Waals surface area contributed by atoms with Gasteiger partial charge in [-0.25, -0.2) is 0 Å². The van der Waals surface area contributed by atoms with Crippen LogP contribution in [0.4, 0.5) is 17.1 Å². The van der Waals surface area contributed by atoms with Gasteiger partial charge in [0.15, 0.2) is 0 Å². The lowest BCUT2D eigenvalue weighted by atomic mass is 9.95. The highest BCUT2D eigenvalue weighted by molar-refractivity contribution is 9.10. The monoisotopic (exact) mass is 454 g/mol.